The number of aromatic carboxylic acids is 1. The molecular formula is C11H12N2O4. The molecule has 1 aromatic heterocycles. The molecule has 1 N–H and O–H groups in total. The van der Waals surface area contributed by atoms with E-state index in [4.69, 9.17) is 9.84 Å². The van der Waals surface area contributed by atoms with Gasteiger partial charge in [0.1, 0.15) is 5.56 Å². The van der Waals surface area contributed by atoms with Gasteiger partial charge in [0.2, 0.25) is 0 Å². The quantitative estimate of drug-likeness (QED) is 0.818. The molecule has 0 aliphatic carbocycles. The number of carbonyl (C=O) groups is 2. The Morgan fingerprint density at radius 1 is 1.47 bits per heavy atom. The molecular weight excluding hydrogens is 224 g/mol. The van der Waals surface area contributed by atoms with E-state index in [1.807, 2.05) is 0 Å². The van der Waals surface area contributed by atoms with Crippen molar-refractivity contribution >= 4 is 11.9 Å². The number of carbonyl (C=O) groups excluding carboxylic acids is 1. The van der Waals surface area contributed by atoms with Gasteiger partial charge in [-0.05, 0) is 12.5 Å². The molecule has 1 amide bonds. The van der Waals surface area contributed by atoms with Crippen molar-refractivity contribution in [1.29, 1.82) is 0 Å². The minimum absolute atomic E-state index is 0.0106. The van der Waals surface area contributed by atoms with Crippen LogP contribution in [0.25, 0.3) is 0 Å². The van der Waals surface area contributed by atoms with Gasteiger partial charge in [-0.2, -0.15) is 0 Å². The van der Waals surface area contributed by atoms with E-state index in [-0.39, 0.29) is 23.8 Å². The lowest BCUT2D eigenvalue weighted by molar-refractivity contribution is -0.136. The number of carboxylic acid groups (broad SMARTS) is 1. The topological polar surface area (TPSA) is 79.7 Å². The number of carboxylic acids is 1. The summed E-state index contributed by atoms with van der Waals surface area (Å²) in [5, 5.41) is 8.89. The van der Waals surface area contributed by atoms with Crippen molar-refractivity contribution in [2.24, 2.45) is 0 Å². The first-order valence-corrected chi connectivity index (χ1v) is 5.26. The van der Waals surface area contributed by atoms with E-state index in [1.165, 1.54) is 18.5 Å². The number of rotatable bonds is 4. The summed E-state index contributed by atoms with van der Waals surface area (Å²) in [5.74, 6) is -1.11. The zero-order chi connectivity index (χ0) is 12.3. The zero-order valence-electron chi connectivity index (χ0n) is 9.13. The van der Waals surface area contributed by atoms with Gasteiger partial charge in [0.15, 0.2) is 12.4 Å². The predicted molar refractivity (Wildman–Crippen MR) is 57.9 cm³/mol. The first-order valence-electron chi connectivity index (χ1n) is 5.26. The highest BCUT2D eigenvalue weighted by molar-refractivity contribution is 5.90. The summed E-state index contributed by atoms with van der Waals surface area (Å²) in [6.45, 7) is 1.36. The lowest BCUT2D eigenvalue weighted by atomic mass is 10.2. The van der Waals surface area contributed by atoms with Crippen LogP contribution in [-0.4, -0.2) is 46.6 Å². The maximum atomic E-state index is 11.5. The summed E-state index contributed by atoms with van der Waals surface area (Å²) in [5.41, 5.74) is 0.0106. The Morgan fingerprint density at radius 3 is 2.82 bits per heavy atom. The molecule has 2 heterocycles. The Kier molecular flexibility index (Phi) is 3.22. The van der Waals surface area contributed by atoms with E-state index in [2.05, 4.69) is 4.98 Å². The largest absolute Gasteiger partial charge is 0.481 e. The molecule has 0 saturated carbocycles. The number of nitrogens with zero attached hydrogens (tertiary/aromatic N) is 2. The van der Waals surface area contributed by atoms with Crippen molar-refractivity contribution < 1.29 is 19.4 Å². The van der Waals surface area contributed by atoms with Crippen LogP contribution in [0.2, 0.25) is 0 Å². The summed E-state index contributed by atoms with van der Waals surface area (Å²) in [7, 11) is 0. The molecule has 1 aromatic rings. The van der Waals surface area contributed by atoms with Crippen molar-refractivity contribution in [3.63, 3.8) is 0 Å². The zero-order valence-corrected chi connectivity index (χ0v) is 9.13. The number of hydrogen-bond donors (Lipinski definition) is 1. The van der Waals surface area contributed by atoms with Crippen molar-refractivity contribution in [3.05, 3.63) is 24.0 Å². The summed E-state index contributed by atoms with van der Waals surface area (Å²) in [4.78, 5) is 27.8. The fourth-order valence-electron chi connectivity index (χ4n) is 1.47. The molecule has 0 aromatic carbocycles. The average molecular weight is 236 g/mol. The normalized spacial score (nSPS) is 14.0. The highest BCUT2D eigenvalue weighted by Gasteiger charge is 2.21. The molecule has 1 saturated heterocycles. The van der Waals surface area contributed by atoms with Crippen LogP contribution in [0.1, 0.15) is 16.8 Å². The van der Waals surface area contributed by atoms with Crippen LogP contribution in [0, 0.1) is 0 Å². The first-order chi connectivity index (χ1) is 8.18. The van der Waals surface area contributed by atoms with Crippen LogP contribution in [0.15, 0.2) is 18.5 Å². The maximum absolute atomic E-state index is 11.5. The van der Waals surface area contributed by atoms with E-state index in [0.29, 0.717) is 0 Å². The molecule has 0 unspecified atom stereocenters. The fourth-order valence-corrected chi connectivity index (χ4v) is 1.47. The number of hydrogen-bond acceptors (Lipinski definition) is 4. The third kappa shape index (κ3) is 2.52. The predicted octanol–water partition coefficient (Wildman–Crippen LogP) is 0.391. The molecule has 0 spiro atoms. The smallest absolute Gasteiger partial charge is 0.339 e. The molecule has 2 rings (SSSR count). The Labute approximate surface area is 97.8 Å². The van der Waals surface area contributed by atoms with Crippen molar-refractivity contribution in [1.82, 2.24) is 9.88 Å². The summed E-state index contributed by atoms with van der Waals surface area (Å²) in [6.07, 6.45) is 3.68. The van der Waals surface area contributed by atoms with Gasteiger partial charge in [-0.3, -0.25) is 9.78 Å². The van der Waals surface area contributed by atoms with E-state index < -0.39 is 5.97 Å². The average Bonchev–Trinajstić information content (AvgIpc) is 2.24. The number of aromatic nitrogens is 1. The molecule has 1 fully saturated rings. The molecule has 0 radical (unpaired) electrons. The molecule has 0 bridgehead atoms. The Hall–Kier alpha value is -2.11. The summed E-state index contributed by atoms with van der Waals surface area (Å²) in [6, 6.07) is 1.34. The van der Waals surface area contributed by atoms with Crippen molar-refractivity contribution in [2.75, 3.05) is 19.7 Å². The highest BCUT2D eigenvalue weighted by Crippen LogP contribution is 2.16. The van der Waals surface area contributed by atoms with Crippen LogP contribution < -0.4 is 4.74 Å². The van der Waals surface area contributed by atoms with Crippen LogP contribution >= 0.6 is 0 Å². The van der Waals surface area contributed by atoms with Crippen molar-refractivity contribution in [3.8, 4) is 5.75 Å². The lowest BCUT2D eigenvalue weighted by Gasteiger charge is -2.30. The van der Waals surface area contributed by atoms with Crippen molar-refractivity contribution in [2.45, 2.75) is 6.42 Å². The molecule has 6 heteroatoms. The van der Waals surface area contributed by atoms with Gasteiger partial charge < -0.3 is 14.7 Å². The minimum Gasteiger partial charge on any atom is -0.481 e. The van der Waals surface area contributed by atoms with Gasteiger partial charge >= 0.3 is 5.97 Å². The molecule has 90 valence electrons. The maximum Gasteiger partial charge on any atom is 0.339 e. The Balaban J connectivity index is 1.98. The first kappa shape index (κ1) is 11.4. The van der Waals surface area contributed by atoms with Crippen LogP contribution in [0.4, 0.5) is 0 Å². The van der Waals surface area contributed by atoms with Gasteiger partial charge in [-0.1, -0.05) is 0 Å². The second-order valence-corrected chi connectivity index (χ2v) is 3.70. The van der Waals surface area contributed by atoms with Crippen LogP contribution in [-0.2, 0) is 4.79 Å². The Morgan fingerprint density at radius 2 is 2.24 bits per heavy atom. The van der Waals surface area contributed by atoms with Crippen LogP contribution in [0.5, 0.6) is 5.75 Å². The van der Waals surface area contributed by atoms with Gasteiger partial charge in [0.05, 0.1) is 6.20 Å². The lowest BCUT2D eigenvalue weighted by Crippen LogP contribution is -2.44. The number of pyridine rings is 1. The van der Waals surface area contributed by atoms with Gasteiger partial charge in [0.25, 0.3) is 5.91 Å². The van der Waals surface area contributed by atoms with Crippen LogP contribution in [0.3, 0.4) is 0 Å². The second kappa shape index (κ2) is 4.82. The van der Waals surface area contributed by atoms with Gasteiger partial charge in [0, 0.05) is 19.3 Å². The molecule has 0 atom stereocenters. The third-order valence-electron chi connectivity index (χ3n) is 2.57. The number of amides is 1. The monoisotopic (exact) mass is 236 g/mol. The molecule has 6 nitrogen and oxygen atoms in total. The number of ether oxygens (including phenoxy) is 1. The summed E-state index contributed by atoms with van der Waals surface area (Å²) < 4.78 is 5.18. The van der Waals surface area contributed by atoms with E-state index in [9.17, 15) is 9.59 Å². The fraction of sp³-hybridized carbons (Fsp3) is 0.364. The van der Waals surface area contributed by atoms with E-state index in [1.54, 1.807) is 4.90 Å². The Bertz CT molecular complexity index is 443. The highest BCUT2D eigenvalue weighted by atomic mass is 16.5. The second-order valence-electron chi connectivity index (χ2n) is 3.70. The minimum atomic E-state index is -1.10. The number of likely N-dealkylation sites (tertiary alicyclic amines) is 1. The van der Waals surface area contributed by atoms with E-state index >= 15 is 0 Å². The van der Waals surface area contributed by atoms with Gasteiger partial charge in [-0.15, -0.1) is 0 Å². The molecule has 17 heavy (non-hydrogen) atoms. The molecule has 1 aliphatic rings. The molecule has 1 aliphatic heterocycles. The standard InChI is InChI=1S/C11H12N2O4/c14-10(13-4-1-5-13)7-17-9-6-12-3-2-8(9)11(15)16/h2-3,6H,1,4-5,7H2,(H,15,16). The summed E-state index contributed by atoms with van der Waals surface area (Å²) >= 11 is 0. The SMILES string of the molecule is O=C(O)c1ccncc1OCC(=O)N1CCC1. The van der Waals surface area contributed by atoms with E-state index in [0.717, 1.165) is 19.5 Å². The third-order valence-corrected chi connectivity index (χ3v) is 2.57. The van der Waals surface area contributed by atoms with Gasteiger partial charge in [-0.25, -0.2) is 4.79 Å².